The number of nitrogens with one attached hydrogen (secondary N) is 1. The fraction of sp³-hybridized carbons (Fsp3) is 0.188. The van der Waals surface area contributed by atoms with E-state index >= 15 is 0 Å². The second-order valence-corrected chi connectivity index (χ2v) is 5.59. The Labute approximate surface area is 126 Å². The van der Waals surface area contributed by atoms with Crippen molar-refractivity contribution in [3.05, 3.63) is 64.5 Å². The zero-order valence-corrected chi connectivity index (χ0v) is 12.7. The summed E-state index contributed by atoms with van der Waals surface area (Å²) in [4.78, 5) is 4.53. The summed E-state index contributed by atoms with van der Waals surface area (Å²) in [7, 11) is 1.95. The van der Waals surface area contributed by atoms with Crippen LogP contribution >= 0.6 is 15.9 Å². The van der Waals surface area contributed by atoms with Crippen molar-refractivity contribution in [2.24, 2.45) is 0 Å². The largest absolute Gasteiger partial charge is 0.441 e. The van der Waals surface area contributed by atoms with E-state index in [0.717, 1.165) is 27.9 Å². The van der Waals surface area contributed by atoms with Crippen molar-refractivity contribution in [3.8, 4) is 0 Å². The van der Waals surface area contributed by atoms with E-state index in [1.165, 1.54) is 5.56 Å². The molecule has 0 aliphatic rings. The molecule has 3 rings (SSSR count). The van der Waals surface area contributed by atoms with Gasteiger partial charge in [-0.05, 0) is 36.9 Å². The third-order valence-electron chi connectivity index (χ3n) is 3.34. The highest BCUT2D eigenvalue weighted by Crippen LogP contribution is 2.22. The Morgan fingerprint density at radius 3 is 2.60 bits per heavy atom. The first-order valence-corrected chi connectivity index (χ1v) is 7.33. The van der Waals surface area contributed by atoms with Crippen LogP contribution in [-0.4, -0.2) is 12.0 Å². The van der Waals surface area contributed by atoms with Crippen LogP contribution in [0.5, 0.6) is 0 Å². The Hall–Kier alpha value is -1.65. The van der Waals surface area contributed by atoms with Crippen LogP contribution in [0.2, 0.25) is 0 Å². The molecule has 0 spiro atoms. The number of hydrogen-bond donors (Lipinski definition) is 1. The van der Waals surface area contributed by atoms with E-state index in [4.69, 9.17) is 4.42 Å². The molecular formula is C16H15BrN2O. The Morgan fingerprint density at radius 2 is 1.90 bits per heavy atom. The van der Waals surface area contributed by atoms with Gasteiger partial charge >= 0.3 is 0 Å². The number of aromatic nitrogens is 1. The molecule has 2 aromatic carbocycles. The molecule has 1 aromatic heterocycles. The second-order valence-electron chi connectivity index (χ2n) is 4.67. The van der Waals surface area contributed by atoms with Gasteiger partial charge in [0.1, 0.15) is 5.52 Å². The lowest BCUT2D eigenvalue weighted by atomic mass is 10.0. The second kappa shape index (κ2) is 5.77. The maximum atomic E-state index is 5.79. The van der Waals surface area contributed by atoms with E-state index in [0.29, 0.717) is 0 Å². The normalized spacial score (nSPS) is 12.7. The van der Waals surface area contributed by atoms with Gasteiger partial charge in [-0.3, -0.25) is 0 Å². The first kappa shape index (κ1) is 13.3. The lowest BCUT2D eigenvalue weighted by Crippen LogP contribution is -2.18. The number of halogens is 1. The number of likely N-dealkylation sites (N-methyl/N-ethyl adjacent to an activating group) is 1. The molecule has 0 bridgehead atoms. The predicted octanol–water partition coefficient (Wildman–Crippen LogP) is 4.09. The molecule has 102 valence electrons. The molecule has 0 aliphatic carbocycles. The van der Waals surface area contributed by atoms with Crippen LogP contribution in [0.15, 0.2) is 57.4 Å². The van der Waals surface area contributed by atoms with Crippen molar-refractivity contribution >= 4 is 27.0 Å². The van der Waals surface area contributed by atoms with E-state index in [9.17, 15) is 0 Å². The van der Waals surface area contributed by atoms with Crippen LogP contribution in [0.4, 0.5) is 0 Å². The highest BCUT2D eigenvalue weighted by molar-refractivity contribution is 9.10. The predicted molar refractivity (Wildman–Crippen MR) is 83.7 cm³/mol. The molecule has 20 heavy (non-hydrogen) atoms. The summed E-state index contributed by atoms with van der Waals surface area (Å²) in [5.74, 6) is 0.758. The van der Waals surface area contributed by atoms with Gasteiger partial charge < -0.3 is 9.73 Å². The van der Waals surface area contributed by atoms with Crippen molar-refractivity contribution < 1.29 is 4.42 Å². The molecule has 4 heteroatoms. The molecule has 0 aliphatic heterocycles. The summed E-state index contributed by atoms with van der Waals surface area (Å²) >= 11 is 3.46. The minimum atomic E-state index is 0.191. The van der Waals surface area contributed by atoms with Crippen LogP contribution in [-0.2, 0) is 6.42 Å². The van der Waals surface area contributed by atoms with Gasteiger partial charge in [-0.15, -0.1) is 0 Å². The molecule has 0 saturated carbocycles. The van der Waals surface area contributed by atoms with Gasteiger partial charge in [-0.1, -0.05) is 40.2 Å². The Kier molecular flexibility index (Phi) is 3.85. The van der Waals surface area contributed by atoms with Crippen molar-refractivity contribution in [1.29, 1.82) is 0 Å². The van der Waals surface area contributed by atoms with Gasteiger partial charge in [0.25, 0.3) is 0 Å². The standard InChI is InChI=1S/C16H15BrN2O/c1-18-14(11-6-8-12(17)9-7-11)10-16-19-13-4-2-3-5-15(13)20-16/h2-9,14,18H,10H2,1H3. The van der Waals surface area contributed by atoms with E-state index < -0.39 is 0 Å². The highest BCUT2D eigenvalue weighted by atomic mass is 79.9. The van der Waals surface area contributed by atoms with E-state index in [-0.39, 0.29) is 6.04 Å². The van der Waals surface area contributed by atoms with Gasteiger partial charge in [0, 0.05) is 16.9 Å². The third-order valence-corrected chi connectivity index (χ3v) is 3.87. The SMILES string of the molecule is CNC(Cc1nc2ccccc2o1)c1ccc(Br)cc1. The number of oxazole rings is 1. The number of fused-ring (bicyclic) bond motifs is 1. The number of benzene rings is 2. The minimum Gasteiger partial charge on any atom is -0.441 e. The summed E-state index contributed by atoms with van der Waals surface area (Å²) in [6.45, 7) is 0. The first-order chi connectivity index (χ1) is 9.76. The van der Waals surface area contributed by atoms with Crippen LogP contribution < -0.4 is 5.32 Å². The minimum absolute atomic E-state index is 0.191. The number of hydrogen-bond acceptors (Lipinski definition) is 3. The van der Waals surface area contributed by atoms with Gasteiger partial charge in [-0.25, -0.2) is 4.98 Å². The van der Waals surface area contributed by atoms with Crippen LogP contribution in [0.3, 0.4) is 0 Å². The maximum absolute atomic E-state index is 5.79. The summed E-state index contributed by atoms with van der Waals surface area (Å²) < 4.78 is 6.87. The molecule has 3 aromatic rings. The highest BCUT2D eigenvalue weighted by Gasteiger charge is 2.14. The quantitative estimate of drug-likeness (QED) is 0.782. The van der Waals surface area contributed by atoms with Gasteiger partial charge in [0.05, 0.1) is 0 Å². The topological polar surface area (TPSA) is 38.1 Å². The molecule has 1 heterocycles. The van der Waals surface area contributed by atoms with Crippen LogP contribution in [0.1, 0.15) is 17.5 Å². The van der Waals surface area contributed by atoms with Crippen molar-refractivity contribution in [1.82, 2.24) is 10.3 Å². The van der Waals surface area contributed by atoms with Crippen molar-refractivity contribution in [2.45, 2.75) is 12.5 Å². The van der Waals surface area contributed by atoms with Crippen LogP contribution in [0, 0.1) is 0 Å². The molecule has 0 amide bonds. The molecule has 0 radical (unpaired) electrons. The molecule has 1 N–H and O–H groups in total. The van der Waals surface area contributed by atoms with E-state index in [1.54, 1.807) is 0 Å². The summed E-state index contributed by atoms with van der Waals surface area (Å²) in [6.07, 6.45) is 0.729. The molecule has 1 unspecified atom stereocenters. The van der Waals surface area contributed by atoms with Crippen LogP contribution in [0.25, 0.3) is 11.1 Å². The average Bonchev–Trinajstić information content (AvgIpc) is 2.88. The molecule has 1 atom stereocenters. The third kappa shape index (κ3) is 2.76. The monoisotopic (exact) mass is 330 g/mol. The lowest BCUT2D eigenvalue weighted by Gasteiger charge is -2.14. The van der Waals surface area contributed by atoms with Crippen molar-refractivity contribution in [2.75, 3.05) is 7.05 Å². The molecular weight excluding hydrogens is 316 g/mol. The Balaban J connectivity index is 1.85. The van der Waals surface area contributed by atoms with E-state index in [2.05, 4.69) is 38.4 Å². The Morgan fingerprint density at radius 1 is 1.15 bits per heavy atom. The van der Waals surface area contributed by atoms with Gasteiger partial charge in [-0.2, -0.15) is 0 Å². The fourth-order valence-corrected chi connectivity index (χ4v) is 2.53. The number of rotatable bonds is 4. The van der Waals surface area contributed by atoms with E-state index in [1.807, 2.05) is 43.4 Å². The smallest absolute Gasteiger partial charge is 0.197 e. The maximum Gasteiger partial charge on any atom is 0.197 e. The first-order valence-electron chi connectivity index (χ1n) is 6.53. The molecule has 0 fully saturated rings. The summed E-state index contributed by atoms with van der Waals surface area (Å²) in [5, 5.41) is 3.32. The zero-order chi connectivity index (χ0) is 13.9. The lowest BCUT2D eigenvalue weighted by molar-refractivity contribution is 0.474. The van der Waals surface area contributed by atoms with Gasteiger partial charge in [0.15, 0.2) is 11.5 Å². The fourth-order valence-electron chi connectivity index (χ4n) is 2.26. The zero-order valence-electron chi connectivity index (χ0n) is 11.1. The summed E-state index contributed by atoms with van der Waals surface area (Å²) in [6, 6.07) is 16.3. The summed E-state index contributed by atoms with van der Waals surface area (Å²) in [5.41, 5.74) is 2.97. The Bertz CT molecular complexity index is 673. The van der Waals surface area contributed by atoms with Gasteiger partial charge in [0.2, 0.25) is 0 Å². The number of para-hydroxylation sites is 2. The molecule has 3 nitrogen and oxygen atoms in total. The van der Waals surface area contributed by atoms with Crippen molar-refractivity contribution in [3.63, 3.8) is 0 Å². The molecule has 0 saturated heterocycles. The average molecular weight is 331 g/mol. The number of nitrogens with zero attached hydrogens (tertiary/aromatic N) is 1.